The van der Waals surface area contributed by atoms with Crippen LogP contribution in [0.2, 0.25) is 0 Å². The van der Waals surface area contributed by atoms with Crippen molar-refractivity contribution in [1.82, 2.24) is 10.2 Å². The maximum Gasteiger partial charge on any atom is 0.325 e. The van der Waals surface area contributed by atoms with E-state index in [0.717, 1.165) is 17.5 Å². The van der Waals surface area contributed by atoms with Crippen molar-refractivity contribution in [3.63, 3.8) is 0 Å². The van der Waals surface area contributed by atoms with Gasteiger partial charge in [-0.3, -0.25) is 14.5 Å². The summed E-state index contributed by atoms with van der Waals surface area (Å²) in [7, 11) is 0. The number of nitrogens with one attached hydrogen (secondary N) is 1. The fourth-order valence-electron chi connectivity index (χ4n) is 3.06. The van der Waals surface area contributed by atoms with E-state index >= 15 is 0 Å². The Hall–Kier alpha value is -2.17. The molecule has 104 valence electrons. The van der Waals surface area contributed by atoms with Crippen molar-refractivity contribution in [3.8, 4) is 0 Å². The van der Waals surface area contributed by atoms with Gasteiger partial charge in [0.1, 0.15) is 11.3 Å². The van der Waals surface area contributed by atoms with Crippen LogP contribution in [0.5, 0.6) is 0 Å². The van der Waals surface area contributed by atoms with Crippen molar-refractivity contribution < 1.29 is 14.4 Å². The van der Waals surface area contributed by atoms with Gasteiger partial charge in [-0.15, -0.1) is 0 Å². The number of hydrogen-bond acceptors (Lipinski definition) is 3. The summed E-state index contributed by atoms with van der Waals surface area (Å²) in [4.78, 5) is 36.9. The summed E-state index contributed by atoms with van der Waals surface area (Å²) in [6.45, 7) is 1.61. The third kappa shape index (κ3) is 1.73. The van der Waals surface area contributed by atoms with E-state index in [1.807, 2.05) is 24.3 Å². The van der Waals surface area contributed by atoms with Gasteiger partial charge in [0.25, 0.3) is 5.91 Å². The largest absolute Gasteiger partial charge is 0.325 e. The molecule has 0 unspecified atom stereocenters. The van der Waals surface area contributed by atoms with Crippen molar-refractivity contribution in [1.29, 1.82) is 0 Å². The smallest absolute Gasteiger partial charge is 0.319 e. The van der Waals surface area contributed by atoms with Gasteiger partial charge in [0.05, 0.1) is 0 Å². The Morgan fingerprint density at radius 2 is 2.10 bits per heavy atom. The minimum Gasteiger partial charge on any atom is -0.319 e. The molecule has 1 aromatic carbocycles. The topological polar surface area (TPSA) is 66.5 Å². The van der Waals surface area contributed by atoms with Crippen molar-refractivity contribution >= 4 is 17.7 Å². The lowest BCUT2D eigenvalue weighted by molar-refractivity contribution is -0.131. The third-order valence-electron chi connectivity index (χ3n) is 4.11. The number of ketones is 1. The number of urea groups is 1. The fraction of sp³-hybridized carbons (Fsp3) is 0.400. The Bertz CT molecular complexity index is 611. The van der Waals surface area contributed by atoms with Gasteiger partial charge in [0, 0.05) is 13.0 Å². The first-order chi connectivity index (χ1) is 9.54. The van der Waals surface area contributed by atoms with E-state index in [9.17, 15) is 14.4 Å². The summed E-state index contributed by atoms with van der Waals surface area (Å²) >= 11 is 0. The van der Waals surface area contributed by atoms with Gasteiger partial charge < -0.3 is 5.32 Å². The second-order valence-corrected chi connectivity index (χ2v) is 5.40. The molecular weight excluding hydrogens is 256 g/mol. The molecule has 1 fully saturated rings. The zero-order valence-corrected chi connectivity index (χ0v) is 11.3. The molecule has 0 bridgehead atoms. The number of Topliss-reactive ketones (excluding diaryl/α,β-unsaturated/α-hetero) is 1. The molecule has 0 radical (unpaired) electrons. The number of carbonyl (C=O) groups is 3. The molecule has 1 aromatic rings. The lowest BCUT2D eigenvalue weighted by Gasteiger charge is -2.22. The average Bonchev–Trinajstić information content (AvgIpc) is 2.89. The molecule has 0 aromatic heterocycles. The van der Waals surface area contributed by atoms with Gasteiger partial charge in [-0.25, -0.2) is 4.79 Å². The standard InChI is InChI=1S/C15H16N2O3/c1-10(18)7-9-17-13(19)15(16-14(17)20)8-6-11-4-2-3-5-12(11)15/h2-5H,6-9H2,1H3,(H,16,20)/t15-/m1/s1. The molecule has 1 aliphatic carbocycles. The monoisotopic (exact) mass is 272 g/mol. The molecule has 1 aliphatic heterocycles. The molecule has 1 atom stereocenters. The highest BCUT2D eigenvalue weighted by Crippen LogP contribution is 2.41. The SMILES string of the molecule is CC(=O)CCN1C(=O)N[C@@]2(CCc3ccccc32)C1=O. The first-order valence-electron chi connectivity index (χ1n) is 6.76. The van der Waals surface area contributed by atoms with Crippen LogP contribution in [0, 0.1) is 0 Å². The zero-order chi connectivity index (χ0) is 14.3. The average molecular weight is 272 g/mol. The molecule has 5 nitrogen and oxygen atoms in total. The summed E-state index contributed by atoms with van der Waals surface area (Å²) < 4.78 is 0. The molecule has 3 rings (SSSR count). The Kier molecular flexibility index (Phi) is 2.85. The van der Waals surface area contributed by atoms with Gasteiger partial charge in [-0.2, -0.15) is 0 Å². The predicted molar refractivity (Wildman–Crippen MR) is 72.0 cm³/mol. The van der Waals surface area contributed by atoms with Crippen LogP contribution in [-0.4, -0.2) is 29.2 Å². The first kappa shape index (κ1) is 12.8. The number of benzene rings is 1. The van der Waals surface area contributed by atoms with Crippen LogP contribution >= 0.6 is 0 Å². The second kappa shape index (κ2) is 4.44. The Balaban J connectivity index is 1.92. The van der Waals surface area contributed by atoms with Gasteiger partial charge >= 0.3 is 6.03 Å². The van der Waals surface area contributed by atoms with Gasteiger partial charge in [-0.1, -0.05) is 24.3 Å². The fourth-order valence-corrected chi connectivity index (χ4v) is 3.06. The lowest BCUT2D eigenvalue weighted by Crippen LogP contribution is -2.42. The van der Waals surface area contributed by atoms with Crippen LogP contribution in [-0.2, 0) is 21.5 Å². The van der Waals surface area contributed by atoms with Crippen LogP contribution in [0.25, 0.3) is 0 Å². The summed E-state index contributed by atoms with van der Waals surface area (Å²) in [5, 5.41) is 2.84. The Labute approximate surface area is 116 Å². The van der Waals surface area contributed by atoms with Crippen molar-refractivity contribution in [2.75, 3.05) is 6.54 Å². The predicted octanol–water partition coefficient (Wildman–Crippen LogP) is 1.36. The van der Waals surface area contributed by atoms with E-state index in [1.165, 1.54) is 11.8 Å². The Morgan fingerprint density at radius 1 is 1.35 bits per heavy atom. The number of amides is 3. The van der Waals surface area contributed by atoms with Crippen molar-refractivity contribution in [2.24, 2.45) is 0 Å². The van der Waals surface area contributed by atoms with E-state index in [4.69, 9.17) is 0 Å². The molecule has 1 saturated heterocycles. The molecule has 1 spiro atoms. The third-order valence-corrected chi connectivity index (χ3v) is 4.11. The Morgan fingerprint density at radius 3 is 2.85 bits per heavy atom. The van der Waals surface area contributed by atoms with Gasteiger partial charge in [0.2, 0.25) is 0 Å². The molecular formula is C15H16N2O3. The number of fused-ring (bicyclic) bond motifs is 2. The number of carbonyl (C=O) groups excluding carboxylic acids is 3. The summed E-state index contributed by atoms with van der Waals surface area (Å²) in [5.74, 6) is -0.257. The molecule has 3 amide bonds. The highest BCUT2D eigenvalue weighted by Gasteiger charge is 2.54. The minimum atomic E-state index is -0.912. The molecule has 2 aliphatic rings. The second-order valence-electron chi connectivity index (χ2n) is 5.40. The summed E-state index contributed by atoms with van der Waals surface area (Å²) in [5.41, 5.74) is 1.09. The molecule has 1 heterocycles. The maximum atomic E-state index is 12.6. The van der Waals surface area contributed by atoms with E-state index in [-0.39, 0.29) is 24.7 Å². The number of nitrogens with zero attached hydrogens (tertiary/aromatic N) is 1. The minimum absolute atomic E-state index is 0.0293. The number of imide groups is 1. The van der Waals surface area contributed by atoms with E-state index in [2.05, 4.69) is 5.32 Å². The van der Waals surface area contributed by atoms with Crippen molar-refractivity contribution in [2.45, 2.75) is 31.7 Å². The summed E-state index contributed by atoms with van der Waals surface area (Å²) in [6, 6.07) is 7.31. The highest BCUT2D eigenvalue weighted by atomic mass is 16.2. The lowest BCUT2D eigenvalue weighted by atomic mass is 9.92. The molecule has 1 N–H and O–H groups in total. The quantitative estimate of drug-likeness (QED) is 0.845. The maximum absolute atomic E-state index is 12.6. The van der Waals surface area contributed by atoms with Crippen LogP contribution in [0.15, 0.2) is 24.3 Å². The normalized spacial score (nSPS) is 24.1. The molecule has 5 heteroatoms. The molecule has 20 heavy (non-hydrogen) atoms. The van der Waals surface area contributed by atoms with Gasteiger partial charge in [-0.05, 0) is 30.9 Å². The van der Waals surface area contributed by atoms with Gasteiger partial charge in [0.15, 0.2) is 0 Å². The molecule has 0 saturated carbocycles. The van der Waals surface area contributed by atoms with E-state index in [0.29, 0.717) is 6.42 Å². The van der Waals surface area contributed by atoms with E-state index < -0.39 is 11.6 Å². The number of aryl methyl sites for hydroxylation is 1. The van der Waals surface area contributed by atoms with E-state index in [1.54, 1.807) is 0 Å². The first-order valence-corrected chi connectivity index (χ1v) is 6.76. The zero-order valence-electron chi connectivity index (χ0n) is 11.3. The van der Waals surface area contributed by atoms with Crippen molar-refractivity contribution in [3.05, 3.63) is 35.4 Å². The van der Waals surface area contributed by atoms with Crippen LogP contribution in [0.3, 0.4) is 0 Å². The highest BCUT2D eigenvalue weighted by molar-refractivity contribution is 6.08. The van der Waals surface area contributed by atoms with Crippen LogP contribution in [0.1, 0.15) is 30.9 Å². The van der Waals surface area contributed by atoms with Crippen LogP contribution in [0.4, 0.5) is 4.79 Å². The summed E-state index contributed by atoms with van der Waals surface area (Å²) in [6.07, 6.45) is 1.58. The van der Waals surface area contributed by atoms with Crippen LogP contribution < -0.4 is 5.32 Å². The number of rotatable bonds is 3. The number of hydrogen-bond donors (Lipinski definition) is 1.